The fourth-order valence-corrected chi connectivity index (χ4v) is 7.37. The second-order valence-electron chi connectivity index (χ2n) is 16.7. The van der Waals surface area contributed by atoms with Crippen LogP contribution < -0.4 is 0 Å². The Morgan fingerprint density at radius 3 is 2.05 bits per heavy atom. The first kappa shape index (κ1) is 54.6. The maximum Gasteiger partial charge on any atom is 0.472 e. The van der Waals surface area contributed by atoms with E-state index in [1.165, 1.54) is 0 Å². The van der Waals surface area contributed by atoms with Gasteiger partial charge in [-0.1, -0.05) is 113 Å². The van der Waals surface area contributed by atoms with Crippen molar-refractivity contribution in [3.63, 3.8) is 0 Å². The number of phosphoric ester groups is 1. The molecule has 340 valence electrons. The third-order valence-electron chi connectivity index (χ3n) is 10.1. The van der Waals surface area contributed by atoms with E-state index in [1.54, 1.807) is 6.08 Å². The molecule has 0 aliphatic heterocycles. The maximum absolute atomic E-state index is 12.7. The van der Waals surface area contributed by atoms with Gasteiger partial charge in [0, 0.05) is 25.2 Å². The van der Waals surface area contributed by atoms with E-state index >= 15 is 0 Å². The van der Waals surface area contributed by atoms with Crippen LogP contribution >= 0.6 is 7.82 Å². The second kappa shape index (κ2) is 33.2. The molecule has 4 N–H and O–H groups in total. The minimum atomic E-state index is -4.44. The lowest BCUT2D eigenvalue weighted by Crippen LogP contribution is -2.37. The highest BCUT2D eigenvalue weighted by Gasteiger charge is 2.39. The normalized spacial score (nSPS) is 21.0. The molecule has 1 fully saturated rings. The van der Waals surface area contributed by atoms with Gasteiger partial charge in [0.05, 0.1) is 46.1 Å². The summed E-state index contributed by atoms with van der Waals surface area (Å²) in [5.74, 6) is -1.28. The summed E-state index contributed by atoms with van der Waals surface area (Å²) in [6, 6.07) is 0. The molecule has 1 unspecified atom stereocenters. The number of rotatable bonds is 35. The lowest BCUT2D eigenvalue weighted by molar-refractivity contribution is -0.870. The van der Waals surface area contributed by atoms with Gasteiger partial charge in [-0.15, -0.1) is 0 Å². The van der Waals surface area contributed by atoms with Gasteiger partial charge in [0.2, 0.25) is 0 Å². The Morgan fingerprint density at radius 1 is 0.763 bits per heavy atom. The van der Waals surface area contributed by atoms with Crippen molar-refractivity contribution in [1.29, 1.82) is 0 Å². The van der Waals surface area contributed by atoms with Gasteiger partial charge >= 0.3 is 19.8 Å². The van der Waals surface area contributed by atoms with Gasteiger partial charge in [-0.2, -0.15) is 0 Å². The molecule has 1 aliphatic rings. The standard InChI is InChI=1S/C46H80NO11P/c1-6-8-10-11-12-13-14-15-16-17-18-19-20-21-27-31-46(52)58-40(38-57-59(53,54)56-35-34-47(3,4)5)37-55-45(51)30-26-23-22-25-29-41-42(44(50)36-43(41)49)33-32-39(48)28-24-9-7-2/h8,10,12-13,15-16,18-19,32-33,39-44,48-50H,6-7,9,11,14,17,20-31,34-38H2,1-5H3/p+1/b10-8-,13-12-,16-15-,19-18-,33-32+/t39-,40+,41+,42+,43-,44+/m0/s1. The minimum Gasteiger partial charge on any atom is -0.462 e. The number of aliphatic hydroxyl groups excluding tert-OH is 3. The number of hydrogen-bond acceptors (Lipinski definition) is 10. The van der Waals surface area contributed by atoms with Crippen LogP contribution in [0.4, 0.5) is 0 Å². The molecule has 1 aliphatic carbocycles. The first-order valence-corrected chi connectivity index (χ1v) is 23.8. The van der Waals surface area contributed by atoms with Crippen molar-refractivity contribution in [2.75, 3.05) is 47.5 Å². The van der Waals surface area contributed by atoms with Crippen molar-refractivity contribution < 1.29 is 57.4 Å². The smallest absolute Gasteiger partial charge is 0.462 e. The molecule has 1 rings (SSSR count). The topological polar surface area (TPSA) is 169 Å². The van der Waals surface area contributed by atoms with Crippen molar-refractivity contribution in [2.24, 2.45) is 11.8 Å². The number of nitrogens with zero attached hydrogens (tertiary/aromatic N) is 1. The van der Waals surface area contributed by atoms with Gasteiger partial charge in [-0.25, -0.2) is 4.57 Å². The fraction of sp³-hybridized carbons (Fsp3) is 0.739. The Kier molecular flexibility index (Phi) is 30.8. The average Bonchev–Trinajstić information content (AvgIpc) is 3.44. The third-order valence-corrected chi connectivity index (χ3v) is 11.1. The first-order chi connectivity index (χ1) is 28.2. The number of phosphoric acid groups is 1. The van der Waals surface area contributed by atoms with Crippen LogP contribution in [0.15, 0.2) is 60.8 Å². The van der Waals surface area contributed by atoms with Crippen molar-refractivity contribution >= 4 is 19.8 Å². The first-order valence-electron chi connectivity index (χ1n) is 22.3. The summed E-state index contributed by atoms with van der Waals surface area (Å²) in [5, 5.41) is 31.4. The summed E-state index contributed by atoms with van der Waals surface area (Å²) >= 11 is 0. The number of hydrogen-bond donors (Lipinski definition) is 4. The second-order valence-corrected chi connectivity index (χ2v) is 18.1. The molecule has 0 radical (unpaired) electrons. The van der Waals surface area contributed by atoms with Crippen LogP contribution in [0.5, 0.6) is 0 Å². The van der Waals surface area contributed by atoms with Crippen molar-refractivity contribution in [3.05, 3.63) is 60.8 Å². The number of unbranched alkanes of at least 4 members (excludes halogenated alkanes) is 7. The Balaban J connectivity index is 2.51. The summed E-state index contributed by atoms with van der Waals surface area (Å²) in [6.07, 6.45) is 32.0. The highest BCUT2D eigenvalue weighted by molar-refractivity contribution is 7.47. The van der Waals surface area contributed by atoms with Gasteiger partial charge in [0.25, 0.3) is 0 Å². The van der Waals surface area contributed by atoms with E-state index in [0.717, 1.165) is 83.5 Å². The molecule has 59 heavy (non-hydrogen) atoms. The number of carbonyl (C=O) groups excluding carboxylic acids is 2. The lowest BCUT2D eigenvalue weighted by Gasteiger charge is -2.24. The van der Waals surface area contributed by atoms with Crippen LogP contribution in [0.2, 0.25) is 0 Å². The van der Waals surface area contributed by atoms with Gasteiger partial charge < -0.3 is 34.2 Å². The zero-order valence-electron chi connectivity index (χ0n) is 37.0. The van der Waals surface area contributed by atoms with E-state index in [4.69, 9.17) is 18.5 Å². The number of quaternary nitrogens is 1. The van der Waals surface area contributed by atoms with Gasteiger partial charge in [-0.3, -0.25) is 18.6 Å². The van der Waals surface area contributed by atoms with E-state index in [1.807, 2.05) is 27.2 Å². The molecule has 0 heterocycles. The summed E-state index contributed by atoms with van der Waals surface area (Å²) in [5.41, 5.74) is 0. The van der Waals surface area contributed by atoms with E-state index in [0.29, 0.717) is 36.7 Å². The summed E-state index contributed by atoms with van der Waals surface area (Å²) in [7, 11) is 1.32. The largest absolute Gasteiger partial charge is 0.472 e. The monoisotopic (exact) mass is 855 g/mol. The van der Waals surface area contributed by atoms with Crippen LogP contribution in [-0.4, -0.2) is 109 Å². The molecule has 0 bridgehead atoms. The van der Waals surface area contributed by atoms with Crippen LogP contribution in [0.1, 0.15) is 136 Å². The van der Waals surface area contributed by atoms with Crippen molar-refractivity contribution in [2.45, 2.75) is 160 Å². The molecule has 0 aromatic heterocycles. The van der Waals surface area contributed by atoms with Crippen LogP contribution in [-0.2, 0) is 32.7 Å². The number of allylic oxidation sites excluding steroid dienone is 8. The predicted molar refractivity (Wildman–Crippen MR) is 235 cm³/mol. The molecule has 0 spiro atoms. The van der Waals surface area contributed by atoms with E-state index in [2.05, 4.69) is 62.5 Å². The Labute approximate surface area is 356 Å². The number of carbonyl (C=O) groups is 2. The molecule has 0 aromatic rings. The lowest BCUT2D eigenvalue weighted by atomic mass is 9.88. The zero-order chi connectivity index (χ0) is 43.8. The number of likely N-dealkylation sites (N-methyl/N-ethyl adjacent to an activating group) is 1. The molecule has 0 amide bonds. The SMILES string of the molecule is CC/C=C\C/C=C\C/C=C\C/C=C\CCCCC(=O)O[C@H](COC(=O)CCCCCC[C@@H]1[C@@H](/C=C/[C@@H](O)CCCCC)[C@H](O)C[C@@H]1O)COP(=O)(O)OCC[N+](C)(C)C. The molecular formula is C46H81NO11P+. The Hall–Kier alpha value is -2.41. The minimum absolute atomic E-state index is 0.0137. The molecule has 13 heteroatoms. The van der Waals surface area contributed by atoms with Crippen molar-refractivity contribution in [1.82, 2.24) is 0 Å². The fourth-order valence-electron chi connectivity index (χ4n) is 6.63. The molecule has 1 saturated carbocycles. The number of esters is 2. The average molecular weight is 855 g/mol. The molecule has 12 nitrogen and oxygen atoms in total. The molecule has 0 saturated heterocycles. The van der Waals surface area contributed by atoms with Gasteiger partial charge in [0.1, 0.15) is 19.8 Å². The Bertz CT molecular complexity index is 1310. The maximum atomic E-state index is 12.7. The molecule has 0 aromatic carbocycles. The summed E-state index contributed by atoms with van der Waals surface area (Å²) in [6.45, 7) is 3.90. The third kappa shape index (κ3) is 30.3. The van der Waals surface area contributed by atoms with E-state index < -0.39 is 50.8 Å². The van der Waals surface area contributed by atoms with E-state index in [-0.39, 0.29) is 37.9 Å². The number of ether oxygens (including phenoxy) is 2. The highest BCUT2D eigenvalue weighted by Crippen LogP contribution is 2.43. The van der Waals surface area contributed by atoms with Gasteiger partial charge in [0.15, 0.2) is 6.10 Å². The zero-order valence-corrected chi connectivity index (χ0v) is 37.9. The number of aliphatic hydroxyl groups is 3. The van der Waals surface area contributed by atoms with Crippen LogP contribution in [0.25, 0.3) is 0 Å². The predicted octanol–water partition coefficient (Wildman–Crippen LogP) is 8.84. The highest BCUT2D eigenvalue weighted by atomic mass is 31.2. The quantitative estimate of drug-likeness (QED) is 0.0158. The summed E-state index contributed by atoms with van der Waals surface area (Å²) in [4.78, 5) is 35.6. The van der Waals surface area contributed by atoms with Crippen molar-refractivity contribution in [3.8, 4) is 0 Å². The van der Waals surface area contributed by atoms with E-state index in [9.17, 15) is 34.4 Å². The molecular weight excluding hydrogens is 773 g/mol. The summed E-state index contributed by atoms with van der Waals surface area (Å²) < 4.78 is 34.2. The molecule has 7 atom stereocenters. The van der Waals surface area contributed by atoms with Gasteiger partial charge in [-0.05, 0) is 70.1 Å². The van der Waals surface area contributed by atoms with Crippen LogP contribution in [0.3, 0.4) is 0 Å². The Morgan fingerprint density at radius 2 is 1.39 bits per heavy atom. The van der Waals surface area contributed by atoms with Crippen LogP contribution in [0, 0.1) is 11.8 Å².